The fraction of sp³-hybridized carbons (Fsp3) is 0.474. The first kappa shape index (κ1) is 18.1. The largest absolute Gasteiger partial charge is 0.352 e. The predicted molar refractivity (Wildman–Crippen MR) is 95.2 cm³/mol. The molecule has 2 atom stereocenters. The minimum atomic E-state index is -0.446. The van der Waals surface area contributed by atoms with Crippen molar-refractivity contribution in [1.82, 2.24) is 10.2 Å². The molecule has 1 saturated heterocycles. The first-order valence-electron chi connectivity index (χ1n) is 9.04. The van der Waals surface area contributed by atoms with Gasteiger partial charge in [-0.25, -0.2) is 0 Å². The van der Waals surface area contributed by atoms with E-state index in [4.69, 9.17) is 0 Å². The van der Waals surface area contributed by atoms with Crippen LogP contribution in [0.3, 0.4) is 0 Å². The van der Waals surface area contributed by atoms with Gasteiger partial charge in [0.15, 0.2) is 0 Å². The molecule has 3 rings (SSSR count). The molecule has 1 aromatic rings. The maximum Gasteiger partial charge on any atom is 0.251 e. The third-order valence-corrected chi connectivity index (χ3v) is 4.98. The lowest BCUT2D eigenvalue weighted by molar-refractivity contribution is -0.142. The lowest BCUT2D eigenvalue weighted by atomic mass is 9.81. The number of hydrogen-bond donors (Lipinski definition) is 2. The lowest BCUT2D eigenvalue weighted by Crippen LogP contribution is -2.38. The van der Waals surface area contributed by atoms with Crippen LogP contribution in [0.4, 0.5) is 5.69 Å². The second kappa shape index (κ2) is 7.68. The zero-order valence-corrected chi connectivity index (χ0v) is 14.8. The fourth-order valence-corrected chi connectivity index (χ4v) is 3.73. The molecule has 26 heavy (non-hydrogen) atoms. The van der Waals surface area contributed by atoms with Gasteiger partial charge in [0.1, 0.15) is 6.54 Å². The SMILES string of the molecule is CCNC(=O)c1cccc(NC(=O)CN2C(=O)[C@H]3CCCC[C@@H]3C2=O)c1. The molecule has 2 fully saturated rings. The zero-order chi connectivity index (χ0) is 18.7. The summed E-state index contributed by atoms with van der Waals surface area (Å²) in [5.41, 5.74) is 0.888. The van der Waals surface area contributed by atoms with E-state index in [1.807, 2.05) is 6.92 Å². The number of hydrogen-bond acceptors (Lipinski definition) is 4. The van der Waals surface area contributed by atoms with Gasteiger partial charge in [0.25, 0.3) is 5.91 Å². The van der Waals surface area contributed by atoms with E-state index in [9.17, 15) is 19.2 Å². The molecule has 4 amide bonds. The number of carbonyl (C=O) groups excluding carboxylic acids is 4. The molecule has 0 unspecified atom stereocenters. The number of anilines is 1. The normalized spacial score (nSPS) is 22.1. The van der Waals surface area contributed by atoms with Crippen LogP contribution in [-0.2, 0) is 14.4 Å². The van der Waals surface area contributed by atoms with Crippen molar-refractivity contribution in [3.63, 3.8) is 0 Å². The number of fused-ring (bicyclic) bond motifs is 1. The molecule has 0 aromatic heterocycles. The minimum Gasteiger partial charge on any atom is -0.352 e. The number of benzene rings is 1. The van der Waals surface area contributed by atoms with E-state index in [1.165, 1.54) is 0 Å². The highest BCUT2D eigenvalue weighted by Crippen LogP contribution is 2.37. The van der Waals surface area contributed by atoms with Crippen LogP contribution in [0.5, 0.6) is 0 Å². The van der Waals surface area contributed by atoms with Crippen LogP contribution in [-0.4, -0.2) is 41.6 Å². The molecule has 1 aromatic carbocycles. The summed E-state index contributed by atoms with van der Waals surface area (Å²) in [4.78, 5) is 50.1. The Kier molecular flexibility index (Phi) is 5.35. The Labute approximate surface area is 152 Å². The Balaban J connectivity index is 1.64. The van der Waals surface area contributed by atoms with Gasteiger partial charge in [-0.1, -0.05) is 18.9 Å². The average molecular weight is 357 g/mol. The smallest absolute Gasteiger partial charge is 0.251 e. The molecule has 138 valence electrons. The third-order valence-electron chi connectivity index (χ3n) is 4.98. The maximum atomic E-state index is 12.4. The molecule has 0 spiro atoms. The van der Waals surface area contributed by atoms with E-state index in [-0.39, 0.29) is 36.1 Å². The molecule has 1 saturated carbocycles. The van der Waals surface area contributed by atoms with Crippen LogP contribution in [0.15, 0.2) is 24.3 Å². The molecule has 7 heteroatoms. The highest BCUT2D eigenvalue weighted by Gasteiger charge is 2.48. The van der Waals surface area contributed by atoms with Gasteiger partial charge in [0, 0.05) is 17.8 Å². The monoisotopic (exact) mass is 357 g/mol. The molecule has 0 bridgehead atoms. The number of nitrogens with zero attached hydrogens (tertiary/aromatic N) is 1. The lowest BCUT2D eigenvalue weighted by Gasteiger charge is -2.19. The highest BCUT2D eigenvalue weighted by molar-refractivity contribution is 6.08. The van der Waals surface area contributed by atoms with Gasteiger partial charge in [0.05, 0.1) is 11.8 Å². The van der Waals surface area contributed by atoms with Gasteiger partial charge in [-0.15, -0.1) is 0 Å². The fourth-order valence-electron chi connectivity index (χ4n) is 3.73. The van der Waals surface area contributed by atoms with Crippen molar-refractivity contribution < 1.29 is 19.2 Å². The molecule has 1 aliphatic carbocycles. The topological polar surface area (TPSA) is 95.6 Å². The quantitative estimate of drug-likeness (QED) is 0.782. The van der Waals surface area contributed by atoms with Gasteiger partial charge in [-0.2, -0.15) is 0 Å². The predicted octanol–water partition coefficient (Wildman–Crippen LogP) is 1.55. The summed E-state index contributed by atoms with van der Waals surface area (Å²) in [5.74, 6) is -1.65. The second-order valence-corrected chi connectivity index (χ2v) is 6.75. The third kappa shape index (κ3) is 3.61. The number of rotatable bonds is 5. The molecule has 1 aliphatic heterocycles. The van der Waals surface area contributed by atoms with Gasteiger partial charge in [-0.05, 0) is 38.0 Å². The first-order chi connectivity index (χ1) is 12.5. The number of likely N-dealkylation sites (tertiary alicyclic amines) is 1. The van der Waals surface area contributed by atoms with Crippen molar-refractivity contribution in [2.24, 2.45) is 11.8 Å². The Bertz CT molecular complexity index is 722. The van der Waals surface area contributed by atoms with Crippen LogP contribution in [0.25, 0.3) is 0 Å². The highest BCUT2D eigenvalue weighted by atomic mass is 16.2. The molecular formula is C19H23N3O4. The first-order valence-corrected chi connectivity index (χ1v) is 9.04. The van der Waals surface area contributed by atoms with Gasteiger partial charge in [-0.3, -0.25) is 24.1 Å². The zero-order valence-electron chi connectivity index (χ0n) is 14.8. The van der Waals surface area contributed by atoms with Gasteiger partial charge < -0.3 is 10.6 Å². The summed E-state index contributed by atoms with van der Waals surface area (Å²) in [5, 5.41) is 5.36. The summed E-state index contributed by atoms with van der Waals surface area (Å²) in [6.45, 7) is 2.05. The molecule has 2 aliphatic rings. The van der Waals surface area contributed by atoms with E-state index in [2.05, 4.69) is 10.6 Å². The molecular weight excluding hydrogens is 334 g/mol. The molecule has 7 nitrogen and oxygen atoms in total. The van der Waals surface area contributed by atoms with Crippen LogP contribution in [0.2, 0.25) is 0 Å². The van der Waals surface area contributed by atoms with Crippen LogP contribution in [0, 0.1) is 11.8 Å². The molecule has 1 heterocycles. The van der Waals surface area contributed by atoms with Gasteiger partial charge in [0.2, 0.25) is 17.7 Å². The molecule has 2 N–H and O–H groups in total. The van der Waals surface area contributed by atoms with Crippen LogP contribution in [0.1, 0.15) is 43.0 Å². The Morgan fingerprint density at radius 2 is 1.77 bits per heavy atom. The number of nitrogens with one attached hydrogen (secondary N) is 2. The second-order valence-electron chi connectivity index (χ2n) is 6.75. The van der Waals surface area contributed by atoms with E-state index >= 15 is 0 Å². The molecule has 0 radical (unpaired) electrons. The van der Waals surface area contributed by atoms with Crippen LogP contribution < -0.4 is 10.6 Å². The van der Waals surface area contributed by atoms with Crippen molar-refractivity contribution in [3.8, 4) is 0 Å². The number of imide groups is 1. The summed E-state index contributed by atoms with van der Waals surface area (Å²) >= 11 is 0. The maximum absolute atomic E-state index is 12.4. The Morgan fingerprint density at radius 1 is 1.12 bits per heavy atom. The minimum absolute atomic E-state index is 0.224. The van der Waals surface area contributed by atoms with E-state index in [0.717, 1.165) is 30.6 Å². The standard InChI is InChI=1S/C19H23N3O4/c1-2-20-17(24)12-6-5-7-13(10-12)21-16(23)11-22-18(25)14-8-3-4-9-15(14)19(22)26/h5-7,10,14-15H,2-4,8-9,11H2,1H3,(H,20,24)(H,21,23)/t14-,15-/m0/s1. The Morgan fingerprint density at radius 3 is 2.38 bits per heavy atom. The number of carbonyl (C=O) groups is 4. The van der Waals surface area contributed by atoms with Crippen molar-refractivity contribution in [2.75, 3.05) is 18.4 Å². The van der Waals surface area contributed by atoms with E-state index < -0.39 is 5.91 Å². The summed E-state index contributed by atoms with van der Waals surface area (Å²) in [6.07, 6.45) is 3.35. The van der Waals surface area contributed by atoms with Crippen LogP contribution >= 0.6 is 0 Å². The van der Waals surface area contributed by atoms with E-state index in [1.54, 1.807) is 24.3 Å². The summed E-state index contributed by atoms with van der Waals surface area (Å²) in [6, 6.07) is 6.55. The van der Waals surface area contributed by atoms with Crippen molar-refractivity contribution in [3.05, 3.63) is 29.8 Å². The van der Waals surface area contributed by atoms with Gasteiger partial charge >= 0.3 is 0 Å². The Hall–Kier alpha value is -2.70. The van der Waals surface area contributed by atoms with Crippen molar-refractivity contribution in [1.29, 1.82) is 0 Å². The summed E-state index contributed by atoms with van der Waals surface area (Å²) in [7, 11) is 0. The summed E-state index contributed by atoms with van der Waals surface area (Å²) < 4.78 is 0. The average Bonchev–Trinajstić information content (AvgIpc) is 2.87. The van der Waals surface area contributed by atoms with Crippen molar-refractivity contribution in [2.45, 2.75) is 32.6 Å². The van der Waals surface area contributed by atoms with E-state index in [0.29, 0.717) is 17.8 Å². The van der Waals surface area contributed by atoms with Crippen molar-refractivity contribution >= 4 is 29.3 Å². The number of amides is 4.